The molecule has 2 atom stereocenters. The SMILES string of the molecule is C=C(C)C(=O)OCCSCC1CSC(CSCCS)CS1. The van der Waals surface area contributed by atoms with Crippen molar-refractivity contribution in [3.05, 3.63) is 12.2 Å². The van der Waals surface area contributed by atoms with Gasteiger partial charge in [0, 0.05) is 50.6 Å². The number of rotatable bonds is 10. The lowest BCUT2D eigenvalue weighted by Crippen LogP contribution is -2.25. The molecule has 0 spiro atoms. The van der Waals surface area contributed by atoms with E-state index < -0.39 is 0 Å². The second-order valence-electron chi connectivity index (χ2n) is 4.70. The van der Waals surface area contributed by atoms with Gasteiger partial charge in [-0.15, -0.1) is 0 Å². The first-order valence-corrected chi connectivity index (χ1v) is 12.0. The van der Waals surface area contributed by atoms with Crippen molar-refractivity contribution in [1.82, 2.24) is 0 Å². The first-order chi connectivity index (χ1) is 10.1. The zero-order valence-corrected chi connectivity index (χ0v) is 16.6. The molecule has 0 amide bonds. The van der Waals surface area contributed by atoms with Crippen molar-refractivity contribution in [3.63, 3.8) is 0 Å². The molecule has 122 valence electrons. The lowest BCUT2D eigenvalue weighted by atomic mass is 10.4. The van der Waals surface area contributed by atoms with Crippen LogP contribution in [0.2, 0.25) is 0 Å². The minimum atomic E-state index is -0.278. The van der Waals surface area contributed by atoms with E-state index in [0.29, 0.717) is 12.2 Å². The number of esters is 1. The molecule has 2 unspecified atom stereocenters. The topological polar surface area (TPSA) is 26.3 Å². The molecule has 0 aromatic heterocycles. The number of hydrogen-bond acceptors (Lipinski definition) is 7. The Labute approximate surface area is 151 Å². The Kier molecular flexibility index (Phi) is 11.8. The molecular formula is C14H24O2S5. The Morgan fingerprint density at radius 3 is 2.29 bits per heavy atom. The maximum atomic E-state index is 11.2. The van der Waals surface area contributed by atoms with Gasteiger partial charge in [-0.05, 0) is 12.7 Å². The lowest BCUT2D eigenvalue weighted by Gasteiger charge is -2.27. The molecule has 21 heavy (non-hydrogen) atoms. The quantitative estimate of drug-likeness (QED) is 0.267. The predicted octanol–water partition coefficient (Wildman–Crippen LogP) is 3.72. The average molecular weight is 385 g/mol. The molecule has 0 aromatic rings. The molecule has 0 N–H and O–H groups in total. The molecule has 0 aromatic carbocycles. The zero-order chi connectivity index (χ0) is 15.5. The number of carbonyl (C=O) groups excluding carboxylic acids is 1. The van der Waals surface area contributed by atoms with Gasteiger partial charge >= 0.3 is 5.97 Å². The Morgan fingerprint density at radius 1 is 1.24 bits per heavy atom. The lowest BCUT2D eigenvalue weighted by molar-refractivity contribution is -0.138. The highest BCUT2D eigenvalue weighted by Gasteiger charge is 2.21. The number of thioether (sulfide) groups is 4. The van der Waals surface area contributed by atoms with Crippen molar-refractivity contribution in [3.8, 4) is 0 Å². The van der Waals surface area contributed by atoms with Crippen LogP contribution in [0.4, 0.5) is 0 Å². The molecule has 0 radical (unpaired) electrons. The summed E-state index contributed by atoms with van der Waals surface area (Å²) in [6.07, 6.45) is 0. The fourth-order valence-corrected chi connectivity index (χ4v) is 7.49. The molecule has 1 heterocycles. The first kappa shape index (κ1) is 20.0. The Morgan fingerprint density at radius 2 is 1.81 bits per heavy atom. The van der Waals surface area contributed by atoms with Crippen molar-refractivity contribution in [1.29, 1.82) is 0 Å². The van der Waals surface area contributed by atoms with Crippen LogP contribution in [-0.2, 0) is 9.53 Å². The average Bonchev–Trinajstić information content (AvgIpc) is 2.48. The van der Waals surface area contributed by atoms with Crippen LogP contribution in [0, 0.1) is 0 Å². The minimum Gasteiger partial charge on any atom is -0.461 e. The van der Waals surface area contributed by atoms with E-state index in [1.54, 1.807) is 6.92 Å². The number of hydrogen-bond donors (Lipinski definition) is 1. The van der Waals surface area contributed by atoms with Crippen LogP contribution in [0.5, 0.6) is 0 Å². The molecule has 1 saturated heterocycles. The maximum Gasteiger partial charge on any atom is 0.333 e. The highest BCUT2D eigenvalue weighted by atomic mass is 32.2. The molecule has 2 nitrogen and oxygen atoms in total. The van der Waals surface area contributed by atoms with Crippen LogP contribution < -0.4 is 0 Å². The van der Waals surface area contributed by atoms with Gasteiger partial charge in [0.25, 0.3) is 0 Å². The highest BCUT2D eigenvalue weighted by molar-refractivity contribution is 8.09. The molecule has 1 aliphatic rings. The second kappa shape index (κ2) is 12.4. The van der Waals surface area contributed by atoms with Crippen LogP contribution in [0.1, 0.15) is 6.92 Å². The molecule has 1 aliphatic heterocycles. The summed E-state index contributed by atoms with van der Waals surface area (Å²) in [4.78, 5) is 11.2. The summed E-state index contributed by atoms with van der Waals surface area (Å²) < 4.78 is 5.08. The van der Waals surface area contributed by atoms with E-state index in [2.05, 4.69) is 42.7 Å². The molecule has 1 fully saturated rings. The maximum absolute atomic E-state index is 11.2. The third kappa shape index (κ3) is 9.64. The Balaban J connectivity index is 1.98. The second-order valence-corrected chi connectivity index (χ2v) is 10.1. The fourth-order valence-electron chi connectivity index (χ4n) is 1.59. The zero-order valence-electron chi connectivity index (χ0n) is 12.4. The van der Waals surface area contributed by atoms with Gasteiger partial charge in [0.05, 0.1) is 0 Å². The van der Waals surface area contributed by atoms with Crippen molar-refractivity contribution in [2.45, 2.75) is 17.4 Å². The van der Waals surface area contributed by atoms with Crippen LogP contribution in [0.3, 0.4) is 0 Å². The molecular weight excluding hydrogens is 360 g/mol. The number of thiol groups is 1. The summed E-state index contributed by atoms with van der Waals surface area (Å²) in [5.74, 6) is 7.66. The van der Waals surface area contributed by atoms with Crippen molar-refractivity contribution < 1.29 is 9.53 Å². The molecule has 0 bridgehead atoms. The van der Waals surface area contributed by atoms with E-state index in [0.717, 1.165) is 33.5 Å². The van der Waals surface area contributed by atoms with Crippen molar-refractivity contribution in [2.75, 3.05) is 46.9 Å². The summed E-state index contributed by atoms with van der Waals surface area (Å²) in [7, 11) is 0. The smallest absolute Gasteiger partial charge is 0.333 e. The molecule has 0 saturated carbocycles. The van der Waals surface area contributed by atoms with E-state index in [1.807, 2.05) is 23.5 Å². The third-order valence-corrected chi connectivity index (χ3v) is 9.08. The summed E-state index contributed by atoms with van der Waals surface area (Å²) in [6, 6.07) is 0. The van der Waals surface area contributed by atoms with Crippen molar-refractivity contribution in [2.24, 2.45) is 0 Å². The van der Waals surface area contributed by atoms with Crippen LogP contribution in [0.15, 0.2) is 12.2 Å². The standard InChI is InChI=1S/C14H24O2S5/c1-11(2)14(15)16-3-5-18-7-12-9-21-13(10-20-12)8-19-6-4-17/h12-13,17H,1,3-10H2,2H3. The van der Waals surface area contributed by atoms with Crippen LogP contribution in [-0.4, -0.2) is 63.3 Å². The predicted molar refractivity (Wildman–Crippen MR) is 107 cm³/mol. The number of ether oxygens (including phenoxy) is 1. The highest BCUT2D eigenvalue weighted by Crippen LogP contribution is 2.33. The van der Waals surface area contributed by atoms with Crippen molar-refractivity contribution >= 4 is 65.6 Å². The Bertz CT molecular complexity index is 316. The minimum absolute atomic E-state index is 0.278. The number of carbonyl (C=O) groups is 1. The van der Waals surface area contributed by atoms with Gasteiger partial charge in [0.2, 0.25) is 0 Å². The van der Waals surface area contributed by atoms with Crippen LogP contribution in [0.25, 0.3) is 0 Å². The van der Waals surface area contributed by atoms with Gasteiger partial charge in [0.15, 0.2) is 0 Å². The largest absolute Gasteiger partial charge is 0.461 e. The Hall–Kier alpha value is 0.960. The van der Waals surface area contributed by atoms with E-state index in [4.69, 9.17) is 4.74 Å². The summed E-state index contributed by atoms with van der Waals surface area (Å²) in [5, 5.41) is 1.54. The molecule has 7 heteroatoms. The van der Waals surface area contributed by atoms with Gasteiger partial charge < -0.3 is 4.74 Å². The summed E-state index contributed by atoms with van der Waals surface area (Å²) in [6.45, 7) is 5.73. The normalized spacial score (nSPS) is 22.0. The third-order valence-electron chi connectivity index (χ3n) is 2.69. The van der Waals surface area contributed by atoms with Gasteiger partial charge in [-0.2, -0.15) is 59.7 Å². The van der Waals surface area contributed by atoms with Gasteiger partial charge in [-0.3, -0.25) is 0 Å². The summed E-state index contributed by atoms with van der Waals surface area (Å²) in [5.41, 5.74) is 0.473. The fraction of sp³-hybridized carbons (Fsp3) is 0.786. The van der Waals surface area contributed by atoms with E-state index in [9.17, 15) is 4.79 Å². The van der Waals surface area contributed by atoms with Crippen LogP contribution >= 0.6 is 59.7 Å². The van der Waals surface area contributed by atoms with E-state index >= 15 is 0 Å². The molecule has 1 rings (SSSR count). The monoisotopic (exact) mass is 384 g/mol. The van der Waals surface area contributed by atoms with E-state index in [-0.39, 0.29) is 5.97 Å². The van der Waals surface area contributed by atoms with E-state index in [1.165, 1.54) is 17.3 Å². The van der Waals surface area contributed by atoms with Gasteiger partial charge in [-0.1, -0.05) is 6.58 Å². The molecule has 0 aliphatic carbocycles. The van der Waals surface area contributed by atoms with Gasteiger partial charge in [-0.25, -0.2) is 4.79 Å². The van der Waals surface area contributed by atoms with Gasteiger partial charge in [0.1, 0.15) is 6.61 Å². The summed E-state index contributed by atoms with van der Waals surface area (Å²) >= 11 is 12.4. The first-order valence-electron chi connectivity index (χ1n) is 6.95.